The number of aryl methyl sites for hydroxylation is 1. The van der Waals surface area contributed by atoms with Crippen LogP contribution < -0.4 is 9.64 Å². The molecule has 0 saturated heterocycles. The summed E-state index contributed by atoms with van der Waals surface area (Å²) >= 11 is 0. The van der Waals surface area contributed by atoms with Crippen LogP contribution >= 0.6 is 0 Å². The summed E-state index contributed by atoms with van der Waals surface area (Å²) in [7, 11) is 1.64. The van der Waals surface area contributed by atoms with Crippen LogP contribution in [0.25, 0.3) is 16.9 Å². The number of carbonyl (C=O) groups excluding carboxylic acids is 1. The third-order valence-electron chi connectivity index (χ3n) is 7.52. The predicted molar refractivity (Wildman–Crippen MR) is 152 cm³/mol. The zero-order chi connectivity index (χ0) is 27.9. The third-order valence-corrected chi connectivity index (χ3v) is 7.52. The monoisotopic (exact) mass is 533 g/mol. The van der Waals surface area contributed by atoms with Crippen LogP contribution in [-0.2, 0) is 16.8 Å². The van der Waals surface area contributed by atoms with Gasteiger partial charge in [0, 0.05) is 23.6 Å². The van der Waals surface area contributed by atoms with Crippen LogP contribution in [0.15, 0.2) is 85.6 Å². The Balaban J connectivity index is 1.37. The maximum absolute atomic E-state index is 14.2. The van der Waals surface area contributed by atoms with Crippen molar-refractivity contribution >= 4 is 11.6 Å². The Kier molecular flexibility index (Phi) is 6.42. The summed E-state index contributed by atoms with van der Waals surface area (Å²) in [6.07, 6.45) is 7.89. The maximum Gasteiger partial charge on any atom is 0.252 e. The Hall–Kier alpha value is -4.79. The Labute approximate surface area is 233 Å². The number of amides is 1. The van der Waals surface area contributed by atoms with E-state index in [9.17, 15) is 4.79 Å². The van der Waals surface area contributed by atoms with Crippen molar-refractivity contribution in [3.8, 4) is 22.7 Å². The van der Waals surface area contributed by atoms with Gasteiger partial charge in [0.05, 0.1) is 43.3 Å². The number of para-hydroxylation sites is 1. The molecule has 9 heteroatoms. The molecule has 6 rings (SSSR count). The maximum atomic E-state index is 14.2. The van der Waals surface area contributed by atoms with Gasteiger partial charge in [-0.2, -0.15) is 0 Å². The zero-order valence-corrected chi connectivity index (χ0v) is 23.0. The van der Waals surface area contributed by atoms with E-state index in [1.165, 1.54) is 0 Å². The highest BCUT2D eigenvalue weighted by Crippen LogP contribution is 2.43. The minimum absolute atomic E-state index is 0.0384. The van der Waals surface area contributed by atoms with Crippen LogP contribution in [0.4, 0.5) is 5.69 Å². The number of hydrogen-bond donors (Lipinski definition) is 0. The van der Waals surface area contributed by atoms with E-state index in [2.05, 4.69) is 40.2 Å². The summed E-state index contributed by atoms with van der Waals surface area (Å²) in [5.41, 5.74) is 5.87. The van der Waals surface area contributed by atoms with E-state index in [0.717, 1.165) is 33.9 Å². The van der Waals surface area contributed by atoms with Gasteiger partial charge in [-0.15, -0.1) is 5.10 Å². The van der Waals surface area contributed by atoms with Crippen LogP contribution in [0.1, 0.15) is 43.3 Å². The first-order valence-electron chi connectivity index (χ1n) is 13.3. The number of anilines is 1. The second-order valence-electron chi connectivity index (χ2n) is 10.8. The number of imidazole rings is 1. The Morgan fingerprint density at radius 1 is 1.00 bits per heavy atom. The number of ether oxygens (including phenoxy) is 1. The second-order valence-corrected chi connectivity index (χ2v) is 10.8. The molecule has 0 radical (unpaired) electrons. The van der Waals surface area contributed by atoms with Crippen LogP contribution in [-0.4, -0.2) is 42.5 Å². The smallest absolute Gasteiger partial charge is 0.252 e. The number of aromatic nitrogens is 6. The van der Waals surface area contributed by atoms with Gasteiger partial charge < -0.3 is 14.2 Å². The number of benzene rings is 2. The van der Waals surface area contributed by atoms with Crippen molar-refractivity contribution < 1.29 is 9.53 Å². The summed E-state index contributed by atoms with van der Waals surface area (Å²) < 4.78 is 9.32. The number of rotatable bonds is 6. The van der Waals surface area contributed by atoms with Gasteiger partial charge in [-0.1, -0.05) is 49.4 Å². The first-order valence-corrected chi connectivity index (χ1v) is 13.3. The molecule has 40 heavy (non-hydrogen) atoms. The average molecular weight is 534 g/mol. The summed E-state index contributed by atoms with van der Waals surface area (Å²) in [5, 5.41) is 8.93. The fourth-order valence-corrected chi connectivity index (χ4v) is 5.45. The summed E-state index contributed by atoms with van der Waals surface area (Å²) in [4.78, 5) is 24.9. The van der Waals surface area contributed by atoms with Gasteiger partial charge >= 0.3 is 0 Å². The van der Waals surface area contributed by atoms with Crippen molar-refractivity contribution in [1.29, 1.82) is 0 Å². The summed E-state index contributed by atoms with van der Waals surface area (Å²) in [6, 6.07) is 19.2. The molecule has 2 aromatic carbocycles. The first-order chi connectivity index (χ1) is 19.3. The van der Waals surface area contributed by atoms with Crippen molar-refractivity contribution in [2.75, 3.05) is 12.0 Å². The van der Waals surface area contributed by atoms with Crippen LogP contribution in [0.5, 0.6) is 5.75 Å². The highest BCUT2D eigenvalue weighted by atomic mass is 16.5. The molecule has 9 nitrogen and oxygen atoms in total. The van der Waals surface area contributed by atoms with Gasteiger partial charge in [0.25, 0.3) is 5.91 Å². The predicted octanol–water partition coefficient (Wildman–Crippen LogP) is 5.30. The molecule has 202 valence electrons. The first kappa shape index (κ1) is 25.5. The minimum Gasteiger partial charge on any atom is -0.495 e. The highest BCUT2D eigenvalue weighted by Gasteiger charge is 2.40. The summed E-state index contributed by atoms with van der Waals surface area (Å²) in [5.74, 6) is 0.650. The van der Waals surface area contributed by atoms with Gasteiger partial charge in [0.2, 0.25) is 0 Å². The number of methoxy groups -OCH3 is 1. The van der Waals surface area contributed by atoms with Crippen molar-refractivity contribution in [3.63, 3.8) is 0 Å². The van der Waals surface area contributed by atoms with Gasteiger partial charge in [-0.3, -0.25) is 9.78 Å². The van der Waals surface area contributed by atoms with Crippen LogP contribution in [0, 0.1) is 6.92 Å². The molecule has 4 heterocycles. The molecule has 1 aliphatic heterocycles. The molecule has 1 unspecified atom stereocenters. The van der Waals surface area contributed by atoms with E-state index in [-0.39, 0.29) is 11.3 Å². The van der Waals surface area contributed by atoms with E-state index < -0.39 is 6.04 Å². The van der Waals surface area contributed by atoms with Gasteiger partial charge in [0.1, 0.15) is 17.5 Å². The Morgan fingerprint density at radius 2 is 1.82 bits per heavy atom. The topological polar surface area (TPSA) is 91.0 Å². The molecular formula is C31H31N7O2. The molecule has 0 N–H and O–H groups in total. The lowest BCUT2D eigenvalue weighted by molar-refractivity contribution is -0.122. The van der Waals surface area contributed by atoms with Crippen molar-refractivity contribution in [2.24, 2.45) is 0 Å². The number of hydrogen-bond acceptors (Lipinski definition) is 6. The quantitative estimate of drug-likeness (QED) is 0.294. The van der Waals surface area contributed by atoms with E-state index in [1.807, 2.05) is 83.4 Å². The minimum atomic E-state index is -0.539. The van der Waals surface area contributed by atoms with Crippen LogP contribution in [0.2, 0.25) is 0 Å². The lowest BCUT2D eigenvalue weighted by atomic mass is 9.79. The lowest BCUT2D eigenvalue weighted by Crippen LogP contribution is -2.37. The molecule has 0 spiro atoms. The fraction of sp³-hybridized carbons (Fsp3) is 0.258. The number of pyridine rings is 1. The van der Waals surface area contributed by atoms with E-state index in [4.69, 9.17) is 4.74 Å². The number of nitrogens with zero attached hydrogens (tertiary/aromatic N) is 7. The lowest BCUT2D eigenvalue weighted by Gasteiger charge is -2.27. The molecular weight excluding hydrogens is 502 g/mol. The molecule has 3 aromatic heterocycles. The molecule has 0 bridgehead atoms. The van der Waals surface area contributed by atoms with Crippen molar-refractivity contribution in [1.82, 2.24) is 29.5 Å². The molecule has 0 aliphatic carbocycles. The average Bonchev–Trinajstić information content (AvgIpc) is 3.62. The van der Waals surface area contributed by atoms with Crippen molar-refractivity contribution in [3.05, 3.63) is 103 Å². The van der Waals surface area contributed by atoms with E-state index in [1.54, 1.807) is 24.3 Å². The van der Waals surface area contributed by atoms with Crippen LogP contribution in [0.3, 0.4) is 0 Å². The third kappa shape index (κ3) is 4.64. The number of fused-ring (bicyclic) bond motifs is 1. The normalized spacial score (nSPS) is 16.4. The Bertz CT molecular complexity index is 1670. The van der Waals surface area contributed by atoms with E-state index in [0.29, 0.717) is 24.4 Å². The molecule has 1 amide bonds. The standard InChI is InChI=1S/C31H31N7O2/c1-21-17-36(20-33-21)27-13-12-22(15-29(27)40-4)25-19-38(35-34-25)28-16-31(2,3)24-10-5-6-11-26(24)37(30(28)39)18-23-9-7-8-14-32-23/h5-15,17,19-20,28H,16,18H2,1-4H3. The summed E-state index contributed by atoms with van der Waals surface area (Å²) in [6.45, 7) is 6.67. The fourth-order valence-electron chi connectivity index (χ4n) is 5.45. The molecule has 1 atom stereocenters. The van der Waals surface area contributed by atoms with Gasteiger partial charge in [-0.25, -0.2) is 9.67 Å². The van der Waals surface area contributed by atoms with E-state index >= 15 is 0 Å². The number of carbonyl (C=O) groups is 1. The largest absolute Gasteiger partial charge is 0.495 e. The highest BCUT2D eigenvalue weighted by molar-refractivity contribution is 5.98. The van der Waals surface area contributed by atoms with Gasteiger partial charge in [-0.05, 0) is 54.7 Å². The zero-order valence-electron chi connectivity index (χ0n) is 23.0. The SMILES string of the molecule is COc1cc(-c2cn(C3CC(C)(C)c4ccccc4N(Cc4ccccn4)C3=O)nn2)ccc1-n1cnc(C)c1. The molecule has 1 aliphatic rings. The Morgan fingerprint density at radius 3 is 2.58 bits per heavy atom. The molecule has 0 saturated carbocycles. The molecule has 0 fully saturated rings. The van der Waals surface area contributed by atoms with Gasteiger partial charge in [0.15, 0.2) is 0 Å². The van der Waals surface area contributed by atoms with Crippen molar-refractivity contribution in [2.45, 2.75) is 45.2 Å². The second kappa shape index (κ2) is 10.1. The molecule has 5 aromatic rings.